The first-order valence-corrected chi connectivity index (χ1v) is 7.97. The molecule has 0 aliphatic rings. The number of hydrogen-bond acceptors (Lipinski definition) is 3. The summed E-state index contributed by atoms with van der Waals surface area (Å²) in [7, 11) is 0. The van der Waals surface area contributed by atoms with E-state index in [1.807, 2.05) is 64.1 Å². The molecule has 1 amide bonds. The van der Waals surface area contributed by atoms with Crippen LogP contribution in [-0.2, 0) is 9.53 Å². The van der Waals surface area contributed by atoms with E-state index in [1.165, 1.54) is 5.56 Å². The number of carbonyl (C=O) groups excluding carboxylic acids is 2. The number of carbonyl (C=O) groups is 2. The summed E-state index contributed by atoms with van der Waals surface area (Å²) in [4.78, 5) is 24.1. The Labute approximate surface area is 142 Å². The van der Waals surface area contributed by atoms with E-state index in [0.717, 1.165) is 16.7 Å². The number of aryl methyl sites for hydroxylation is 3. The van der Waals surface area contributed by atoms with Gasteiger partial charge in [0.2, 0.25) is 0 Å². The molecular weight excluding hydrogens is 302 g/mol. The molecule has 126 valence electrons. The number of nitrogens with one attached hydrogen (secondary N) is 1. The third-order valence-electron chi connectivity index (χ3n) is 3.89. The molecule has 1 unspecified atom stereocenters. The maximum absolute atomic E-state index is 12.1. The SMILES string of the molecule is Cc1ccc(C(C)NC(=O)COC(=O)c2ccc(C)cc2C)cc1. The van der Waals surface area contributed by atoms with Crippen molar-refractivity contribution in [2.24, 2.45) is 0 Å². The lowest BCUT2D eigenvalue weighted by Crippen LogP contribution is -2.31. The van der Waals surface area contributed by atoms with Crippen molar-refractivity contribution < 1.29 is 14.3 Å². The number of esters is 1. The molecule has 0 saturated heterocycles. The number of rotatable bonds is 5. The monoisotopic (exact) mass is 325 g/mol. The van der Waals surface area contributed by atoms with Gasteiger partial charge in [-0.2, -0.15) is 0 Å². The summed E-state index contributed by atoms with van der Waals surface area (Å²) in [5.41, 5.74) is 4.58. The summed E-state index contributed by atoms with van der Waals surface area (Å²) >= 11 is 0. The van der Waals surface area contributed by atoms with Crippen molar-refractivity contribution in [2.75, 3.05) is 6.61 Å². The van der Waals surface area contributed by atoms with Gasteiger partial charge in [0.1, 0.15) is 0 Å². The van der Waals surface area contributed by atoms with Crippen LogP contribution >= 0.6 is 0 Å². The van der Waals surface area contributed by atoms with Gasteiger partial charge in [0.15, 0.2) is 6.61 Å². The molecule has 4 nitrogen and oxygen atoms in total. The summed E-state index contributed by atoms with van der Waals surface area (Å²) in [5.74, 6) is -0.799. The molecule has 0 spiro atoms. The lowest BCUT2D eigenvalue weighted by Gasteiger charge is -2.15. The Balaban J connectivity index is 1.88. The first-order valence-electron chi connectivity index (χ1n) is 7.97. The van der Waals surface area contributed by atoms with E-state index in [2.05, 4.69) is 5.32 Å². The second-order valence-electron chi connectivity index (χ2n) is 6.09. The summed E-state index contributed by atoms with van der Waals surface area (Å²) < 4.78 is 5.12. The van der Waals surface area contributed by atoms with Crippen molar-refractivity contribution in [1.82, 2.24) is 5.32 Å². The summed E-state index contributed by atoms with van der Waals surface area (Å²) in [5, 5.41) is 2.83. The molecule has 2 rings (SSSR count). The van der Waals surface area contributed by atoms with Crippen LogP contribution in [0, 0.1) is 20.8 Å². The summed E-state index contributed by atoms with van der Waals surface area (Å²) in [6.07, 6.45) is 0. The highest BCUT2D eigenvalue weighted by atomic mass is 16.5. The van der Waals surface area contributed by atoms with Gasteiger partial charge >= 0.3 is 5.97 Å². The molecule has 0 bridgehead atoms. The molecule has 0 fully saturated rings. The average molecular weight is 325 g/mol. The number of amides is 1. The molecule has 24 heavy (non-hydrogen) atoms. The largest absolute Gasteiger partial charge is 0.452 e. The van der Waals surface area contributed by atoms with E-state index in [1.54, 1.807) is 6.07 Å². The lowest BCUT2D eigenvalue weighted by atomic mass is 10.1. The zero-order valence-electron chi connectivity index (χ0n) is 14.6. The first-order chi connectivity index (χ1) is 11.4. The van der Waals surface area contributed by atoms with Gasteiger partial charge in [-0.1, -0.05) is 47.5 Å². The van der Waals surface area contributed by atoms with E-state index >= 15 is 0 Å². The number of benzene rings is 2. The smallest absolute Gasteiger partial charge is 0.338 e. The molecule has 0 aliphatic heterocycles. The topological polar surface area (TPSA) is 55.4 Å². The van der Waals surface area contributed by atoms with Gasteiger partial charge in [-0.05, 0) is 44.9 Å². The van der Waals surface area contributed by atoms with Crippen LogP contribution in [0.1, 0.15) is 45.6 Å². The molecule has 0 aromatic heterocycles. The highest BCUT2D eigenvalue weighted by molar-refractivity contribution is 5.92. The highest BCUT2D eigenvalue weighted by Crippen LogP contribution is 2.14. The Morgan fingerprint density at radius 2 is 1.62 bits per heavy atom. The molecule has 2 aromatic rings. The molecular formula is C20H23NO3. The molecule has 0 saturated carbocycles. The van der Waals surface area contributed by atoms with Crippen molar-refractivity contribution in [3.8, 4) is 0 Å². The van der Waals surface area contributed by atoms with Gasteiger partial charge in [0.25, 0.3) is 5.91 Å². The van der Waals surface area contributed by atoms with Crippen LogP contribution in [0.2, 0.25) is 0 Å². The van der Waals surface area contributed by atoms with Crippen LogP contribution in [-0.4, -0.2) is 18.5 Å². The van der Waals surface area contributed by atoms with Gasteiger partial charge in [-0.3, -0.25) is 4.79 Å². The molecule has 0 radical (unpaired) electrons. The Kier molecular flexibility index (Phi) is 5.74. The zero-order chi connectivity index (χ0) is 17.7. The predicted molar refractivity (Wildman–Crippen MR) is 93.9 cm³/mol. The molecule has 4 heteroatoms. The van der Waals surface area contributed by atoms with Crippen LogP contribution < -0.4 is 5.32 Å². The standard InChI is InChI=1S/C20H23NO3/c1-13-5-8-17(9-6-13)16(4)21-19(22)12-24-20(23)18-10-7-14(2)11-15(18)3/h5-11,16H,12H2,1-4H3,(H,21,22). The highest BCUT2D eigenvalue weighted by Gasteiger charge is 2.14. The predicted octanol–water partition coefficient (Wildman–Crippen LogP) is 3.65. The minimum absolute atomic E-state index is 0.141. The maximum atomic E-state index is 12.1. The molecule has 2 aromatic carbocycles. The normalized spacial score (nSPS) is 11.7. The van der Waals surface area contributed by atoms with Gasteiger partial charge in [0.05, 0.1) is 11.6 Å². The van der Waals surface area contributed by atoms with Crippen LogP contribution in [0.15, 0.2) is 42.5 Å². The fraction of sp³-hybridized carbons (Fsp3) is 0.300. The molecule has 1 N–H and O–H groups in total. The van der Waals surface area contributed by atoms with Crippen molar-refractivity contribution in [3.63, 3.8) is 0 Å². The van der Waals surface area contributed by atoms with E-state index < -0.39 is 5.97 Å². The van der Waals surface area contributed by atoms with Crippen LogP contribution in [0.5, 0.6) is 0 Å². The third kappa shape index (κ3) is 4.69. The summed E-state index contributed by atoms with van der Waals surface area (Å²) in [6, 6.07) is 13.3. The minimum atomic E-state index is -0.481. The fourth-order valence-electron chi connectivity index (χ4n) is 2.47. The van der Waals surface area contributed by atoms with E-state index in [0.29, 0.717) is 5.56 Å². The molecule has 0 heterocycles. The van der Waals surface area contributed by atoms with Crippen molar-refractivity contribution in [1.29, 1.82) is 0 Å². The maximum Gasteiger partial charge on any atom is 0.338 e. The van der Waals surface area contributed by atoms with E-state index in [9.17, 15) is 9.59 Å². The minimum Gasteiger partial charge on any atom is -0.452 e. The number of ether oxygens (including phenoxy) is 1. The quantitative estimate of drug-likeness (QED) is 0.854. The fourth-order valence-corrected chi connectivity index (χ4v) is 2.47. The van der Waals surface area contributed by atoms with Crippen LogP contribution in [0.4, 0.5) is 0 Å². The first kappa shape index (κ1) is 17.7. The van der Waals surface area contributed by atoms with Gasteiger partial charge in [-0.15, -0.1) is 0 Å². The Bertz CT molecular complexity index is 735. The van der Waals surface area contributed by atoms with E-state index in [4.69, 9.17) is 4.74 Å². The lowest BCUT2D eigenvalue weighted by molar-refractivity contribution is -0.124. The van der Waals surface area contributed by atoms with Crippen molar-refractivity contribution in [2.45, 2.75) is 33.7 Å². The van der Waals surface area contributed by atoms with Crippen LogP contribution in [0.25, 0.3) is 0 Å². The van der Waals surface area contributed by atoms with Crippen LogP contribution in [0.3, 0.4) is 0 Å². The van der Waals surface area contributed by atoms with Gasteiger partial charge < -0.3 is 10.1 Å². The molecule has 0 aliphatic carbocycles. The second kappa shape index (κ2) is 7.77. The average Bonchev–Trinajstić information content (AvgIpc) is 2.53. The third-order valence-corrected chi connectivity index (χ3v) is 3.89. The Hall–Kier alpha value is -2.62. The zero-order valence-corrected chi connectivity index (χ0v) is 14.6. The summed E-state index contributed by atoms with van der Waals surface area (Å²) in [6.45, 7) is 7.43. The van der Waals surface area contributed by atoms with Gasteiger partial charge in [-0.25, -0.2) is 4.79 Å². The number of hydrogen-bond donors (Lipinski definition) is 1. The van der Waals surface area contributed by atoms with Crippen molar-refractivity contribution in [3.05, 3.63) is 70.3 Å². The van der Waals surface area contributed by atoms with Gasteiger partial charge in [0, 0.05) is 0 Å². The van der Waals surface area contributed by atoms with E-state index in [-0.39, 0.29) is 18.6 Å². The Morgan fingerprint density at radius 1 is 1.00 bits per heavy atom. The second-order valence-corrected chi connectivity index (χ2v) is 6.09. The Morgan fingerprint density at radius 3 is 2.25 bits per heavy atom. The van der Waals surface area contributed by atoms with Crippen molar-refractivity contribution >= 4 is 11.9 Å². The molecule has 1 atom stereocenters.